The quantitative estimate of drug-likeness (QED) is 0.377. The van der Waals surface area contributed by atoms with E-state index in [0.717, 1.165) is 32.4 Å². The van der Waals surface area contributed by atoms with E-state index in [1.54, 1.807) is 0 Å². The van der Waals surface area contributed by atoms with Crippen molar-refractivity contribution in [1.29, 1.82) is 0 Å². The van der Waals surface area contributed by atoms with Gasteiger partial charge in [-0.1, -0.05) is 96.5 Å². The summed E-state index contributed by atoms with van der Waals surface area (Å²) in [6, 6.07) is 16.9. The van der Waals surface area contributed by atoms with Crippen LogP contribution >= 0.6 is 0 Å². The second kappa shape index (κ2) is 11.5. The summed E-state index contributed by atoms with van der Waals surface area (Å²) in [5.74, 6) is 0. The summed E-state index contributed by atoms with van der Waals surface area (Å²) < 4.78 is 0. The molecular formula is C30H48N2. The lowest BCUT2D eigenvalue weighted by atomic mass is 9.77. The van der Waals surface area contributed by atoms with Crippen molar-refractivity contribution in [2.75, 3.05) is 13.1 Å². The number of hydrogen-bond acceptors (Lipinski definition) is 2. The summed E-state index contributed by atoms with van der Waals surface area (Å²) in [5, 5.41) is 7.45. The van der Waals surface area contributed by atoms with Gasteiger partial charge in [0.1, 0.15) is 0 Å². The Kier molecular flexibility index (Phi) is 9.54. The highest BCUT2D eigenvalue weighted by molar-refractivity contribution is 5.34. The smallest absolute Gasteiger partial charge is 0.0327 e. The van der Waals surface area contributed by atoms with Crippen molar-refractivity contribution in [3.63, 3.8) is 0 Å². The average molecular weight is 437 g/mol. The highest BCUT2D eigenvalue weighted by atomic mass is 14.9. The first-order valence-electron chi connectivity index (χ1n) is 12.6. The summed E-state index contributed by atoms with van der Waals surface area (Å²) in [5.41, 5.74) is 7.56. The molecule has 0 bridgehead atoms. The maximum atomic E-state index is 3.73. The van der Waals surface area contributed by atoms with Gasteiger partial charge in [-0.3, -0.25) is 0 Å². The molecule has 0 spiro atoms. The fraction of sp³-hybridized carbons (Fsp3) is 0.600. The molecule has 2 N–H and O–H groups in total. The maximum absolute atomic E-state index is 3.73. The summed E-state index contributed by atoms with van der Waals surface area (Å²) >= 11 is 0. The third-order valence-electron chi connectivity index (χ3n) is 6.31. The molecule has 2 aromatic carbocycles. The number of benzene rings is 2. The van der Waals surface area contributed by atoms with E-state index in [9.17, 15) is 0 Å². The van der Waals surface area contributed by atoms with Crippen molar-refractivity contribution < 1.29 is 0 Å². The lowest BCUT2D eigenvalue weighted by Gasteiger charge is -2.32. The van der Waals surface area contributed by atoms with E-state index < -0.39 is 0 Å². The normalized spacial score (nSPS) is 14.4. The van der Waals surface area contributed by atoms with Gasteiger partial charge in [0.2, 0.25) is 0 Å². The molecule has 2 aromatic rings. The van der Waals surface area contributed by atoms with Gasteiger partial charge in [0.25, 0.3) is 0 Å². The third kappa shape index (κ3) is 8.37. The molecule has 2 unspecified atom stereocenters. The predicted molar refractivity (Wildman–Crippen MR) is 141 cm³/mol. The van der Waals surface area contributed by atoms with Crippen LogP contribution in [0, 0.1) is 24.7 Å². The highest BCUT2D eigenvalue weighted by Crippen LogP contribution is 2.35. The van der Waals surface area contributed by atoms with Crippen LogP contribution in [-0.2, 0) is 6.42 Å². The maximum Gasteiger partial charge on any atom is 0.0327 e. The van der Waals surface area contributed by atoms with E-state index in [1.165, 1.54) is 27.8 Å². The SMILES string of the molecule is CCNC(CC(C)(C)Cc1ccc(C(CC(C)(C)C)NCC)c(C)c1)c1cccc(C)c1. The van der Waals surface area contributed by atoms with Crippen LogP contribution < -0.4 is 10.6 Å². The van der Waals surface area contributed by atoms with E-state index in [0.29, 0.717) is 17.5 Å². The minimum atomic E-state index is 0.205. The number of rotatable bonds is 11. The van der Waals surface area contributed by atoms with E-state index >= 15 is 0 Å². The summed E-state index contributed by atoms with van der Waals surface area (Å²) in [6.45, 7) is 22.7. The molecule has 0 aromatic heterocycles. The first-order valence-corrected chi connectivity index (χ1v) is 12.6. The molecule has 32 heavy (non-hydrogen) atoms. The van der Waals surface area contributed by atoms with Crippen molar-refractivity contribution in [2.45, 2.75) is 93.7 Å². The molecule has 2 rings (SSSR count). The Morgan fingerprint density at radius 1 is 0.781 bits per heavy atom. The monoisotopic (exact) mass is 436 g/mol. The van der Waals surface area contributed by atoms with Crippen molar-refractivity contribution in [1.82, 2.24) is 10.6 Å². The van der Waals surface area contributed by atoms with Gasteiger partial charge in [-0.05, 0) is 79.3 Å². The molecule has 0 aliphatic rings. The van der Waals surface area contributed by atoms with Crippen LogP contribution in [0.3, 0.4) is 0 Å². The fourth-order valence-electron chi connectivity index (χ4n) is 5.01. The molecule has 0 saturated heterocycles. The predicted octanol–water partition coefficient (Wildman–Crippen LogP) is 7.70. The van der Waals surface area contributed by atoms with Crippen molar-refractivity contribution >= 4 is 0 Å². The van der Waals surface area contributed by atoms with E-state index in [4.69, 9.17) is 0 Å². The van der Waals surface area contributed by atoms with Gasteiger partial charge in [-0.2, -0.15) is 0 Å². The van der Waals surface area contributed by atoms with Crippen molar-refractivity contribution in [2.24, 2.45) is 10.8 Å². The number of hydrogen-bond donors (Lipinski definition) is 2. The Morgan fingerprint density at radius 2 is 1.44 bits per heavy atom. The lowest BCUT2D eigenvalue weighted by Crippen LogP contribution is -2.28. The van der Waals surface area contributed by atoms with Gasteiger partial charge in [-0.15, -0.1) is 0 Å². The van der Waals surface area contributed by atoms with Gasteiger partial charge < -0.3 is 10.6 Å². The van der Waals surface area contributed by atoms with E-state index in [-0.39, 0.29) is 5.41 Å². The van der Waals surface area contributed by atoms with Gasteiger partial charge >= 0.3 is 0 Å². The zero-order valence-electron chi connectivity index (χ0n) is 22.2. The Morgan fingerprint density at radius 3 is 2.00 bits per heavy atom. The van der Waals surface area contributed by atoms with Crippen LogP contribution in [0.2, 0.25) is 0 Å². The Hall–Kier alpha value is -1.64. The Labute approximate surface area is 198 Å². The minimum Gasteiger partial charge on any atom is -0.310 e. The zero-order chi connectivity index (χ0) is 23.9. The number of aryl methyl sites for hydroxylation is 2. The molecule has 0 saturated carbocycles. The summed E-state index contributed by atoms with van der Waals surface area (Å²) in [4.78, 5) is 0. The molecular weight excluding hydrogens is 388 g/mol. The molecule has 0 radical (unpaired) electrons. The molecule has 0 fully saturated rings. The molecule has 0 heterocycles. The summed E-state index contributed by atoms with van der Waals surface area (Å²) in [7, 11) is 0. The van der Waals surface area contributed by atoms with E-state index in [1.807, 2.05) is 0 Å². The largest absolute Gasteiger partial charge is 0.310 e. The van der Waals surface area contributed by atoms with Gasteiger partial charge in [0.05, 0.1) is 0 Å². The second-order valence-electron chi connectivity index (χ2n) is 11.6. The van der Waals surface area contributed by atoms with Crippen LogP contribution in [0.15, 0.2) is 42.5 Å². The van der Waals surface area contributed by atoms with Gasteiger partial charge in [0, 0.05) is 12.1 Å². The second-order valence-corrected chi connectivity index (χ2v) is 11.6. The van der Waals surface area contributed by atoms with Crippen LogP contribution in [0.25, 0.3) is 0 Å². The van der Waals surface area contributed by atoms with Crippen molar-refractivity contribution in [3.05, 3.63) is 70.3 Å². The Bertz CT molecular complexity index is 844. The standard InChI is InChI=1S/C30H48N2/c1-10-31-27(25-14-12-13-22(3)17-25)21-30(8,9)19-24-15-16-26(23(4)18-24)28(32-11-2)20-29(5,6)7/h12-18,27-28,31-32H,10-11,19-21H2,1-9H3. The van der Waals surface area contributed by atoms with E-state index in [2.05, 4.69) is 115 Å². The highest BCUT2D eigenvalue weighted by Gasteiger charge is 2.26. The number of nitrogens with one attached hydrogen (secondary N) is 2. The molecule has 0 aliphatic heterocycles. The minimum absolute atomic E-state index is 0.205. The van der Waals surface area contributed by atoms with Crippen LogP contribution in [-0.4, -0.2) is 13.1 Å². The summed E-state index contributed by atoms with van der Waals surface area (Å²) in [6.07, 6.45) is 3.36. The first kappa shape index (κ1) is 26.6. The Balaban J connectivity index is 2.18. The lowest BCUT2D eigenvalue weighted by molar-refractivity contribution is 0.281. The van der Waals surface area contributed by atoms with Gasteiger partial charge in [-0.25, -0.2) is 0 Å². The average Bonchev–Trinajstić information content (AvgIpc) is 2.66. The molecule has 0 amide bonds. The molecule has 2 atom stereocenters. The third-order valence-corrected chi connectivity index (χ3v) is 6.31. The van der Waals surface area contributed by atoms with Crippen LogP contribution in [0.5, 0.6) is 0 Å². The molecule has 2 heteroatoms. The van der Waals surface area contributed by atoms with Crippen LogP contribution in [0.4, 0.5) is 0 Å². The molecule has 178 valence electrons. The molecule has 0 aliphatic carbocycles. The van der Waals surface area contributed by atoms with Gasteiger partial charge in [0.15, 0.2) is 0 Å². The van der Waals surface area contributed by atoms with Crippen LogP contribution in [0.1, 0.15) is 101 Å². The van der Waals surface area contributed by atoms with Crippen molar-refractivity contribution in [3.8, 4) is 0 Å². The first-order chi connectivity index (χ1) is 14.9. The topological polar surface area (TPSA) is 24.1 Å². The molecule has 2 nitrogen and oxygen atoms in total. The fourth-order valence-corrected chi connectivity index (χ4v) is 5.01. The zero-order valence-corrected chi connectivity index (χ0v) is 22.2.